The highest BCUT2D eigenvalue weighted by Gasteiger charge is 2.03. The van der Waals surface area contributed by atoms with Crippen molar-refractivity contribution in [1.29, 1.82) is 0 Å². The van der Waals surface area contributed by atoms with Crippen LogP contribution in [-0.2, 0) is 13.0 Å². The Labute approximate surface area is 228 Å². The van der Waals surface area contributed by atoms with E-state index in [2.05, 4.69) is 42.9 Å². The van der Waals surface area contributed by atoms with Crippen LogP contribution < -0.4 is 4.57 Å². The van der Waals surface area contributed by atoms with Gasteiger partial charge in [-0.25, -0.2) is 4.57 Å². The molecule has 1 rings (SSSR count). The summed E-state index contributed by atoms with van der Waals surface area (Å²) in [5.41, 5.74) is 1.54. The average Bonchev–Trinajstić information content (AvgIpc) is 2.90. The second-order valence-corrected chi connectivity index (χ2v) is 11.7. The predicted octanol–water partition coefficient (Wildman–Crippen LogP) is 11.7. The molecule has 0 aromatic carbocycles. The van der Waals surface area contributed by atoms with Crippen molar-refractivity contribution in [1.82, 2.24) is 0 Å². The van der Waals surface area contributed by atoms with Gasteiger partial charge in [-0.1, -0.05) is 162 Å². The Kier molecular flexibility index (Phi) is 25.1. The molecule has 0 unspecified atom stereocenters. The quantitative estimate of drug-likeness (QED) is 0.0795. The lowest BCUT2D eigenvalue weighted by molar-refractivity contribution is -0.697. The largest absolute Gasteiger partial charge is 0.205 e. The molecular formula is C35H66N+. The van der Waals surface area contributed by atoms with E-state index in [1.54, 1.807) is 0 Å². The third-order valence-corrected chi connectivity index (χ3v) is 8.01. The molecule has 0 spiro atoms. The van der Waals surface area contributed by atoms with Crippen LogP contribution >= 0.6 is 0 Å². The number of aryl methyl sites for hydroxylation is 2. The molecule has 0 radical (unpaired) electrons. The topological polar surface area (TPSA) is 3.88 Å². The van der Waals surface area contributed by atoms with Crippen LogP contribution in [0.5, 0.6) is 0 Å². The molecule has 36 heavy (non-hydrogen) atoms. The fourth-order valence-corrected chi connectivity index (χ4v) is 5.52. The first-order valence-corrected chi connectivity index (χ1v) is 16.8. The highest BCUT2D eigenvalue weighted by Crippen LogP contribution is 2.14. The lowest BCUT2D eigenvalue weighted by Gasteiger charge is -2.04. The lowest BCUT2D eigenvalue weighted by atomic mass is 10.0. The zero-order chi connectivity index (χ0) is 25.8. The molecule has 1 heterocycles. The van der Waals surface area contributed by atoms with E-state index in [1.165, 1.54) is 185 Å². The predicted molar refractivity (Wildman–Crippen MR) is 162 cm³/mol. The minimum atomic E-state index is 1.20. The summed E-state index contributed by atoms with van der Waals surface area (Å²) in [6.45, 7) is 5.80. The number of hydrogen-bond acceptors (Lipinski definition) is 0. The SMILES string of the molecule is CCCCCCCCCCCCCCCCCC[n+]1cccc(CCCCCCCCCCCC)c1. The molecule has 0 bridgehead atoms. The number of hydrogen-bond donors (Lipinski definition) is 0. The number of aromatic nitrogens is 1. The molecule has 0 atom stereocenters. The van der Waals surface area contributed by atoms with Gasteiger partial charge in [0.05, 0.1) is 0 Å². The van der Waals surface area contributed by atoms with Crippen LogP contribution in [0.25, 0.3) is 0 Å². The second kappa shape index (κ2) is 27.2. The average molecular weight is 501 g/mol. The van der Waals surface area contributed by atoms with Gasteiger partial charge in [0.1, 0.15) is 6.54 Å². The van der Waals surface area contributed by atoms with Crippen molar-refractivity contribution >= 4 is 0 Å². The zero-order valence-corrected chi connectivity index (χ0v) is 25.1. The van der Waals surface area contributed by atoms with Crippen LogP contribution in [-0.4, -0.2) is 0 Å². The van der Waals surface area contributed by atoms with E-state index in [0.29, 0.717) is 0 Å². The summed E-state index contributed by atoms with van der Waals surface area (Å²) >= 11 is 0. The van der Waals surface area contributed by atoms with Crippen LogP contribution in [0, 0.1) is 0 Å². The van der Waals surface area contributed by atoms with Gasteiger partial charge in [0.15, 0.2) is 12.4 Å². The standard InChI is InChI=1S/C35H66N/c1-3-5-7-9-11-13-15-16-17-18-19-20-22-24-26-28-32-36-33-29-31-35(34-36)30-27-25-23-21-14-12-10-8-6-4-2/h29,31,33-34H,3-28,30,32H2,1-2H3/q+1. The zero-order valence-electron chi connectivity index (χ0n) is 25.1. The first kappa shape index (κ1) is 33.2. The molecule has 0 fully saturated rings. The molecule has 0 saturated carbocycles. The van der Waals surface area contributed by atoms with Crippen molar-refractivity contribution < 1.29 is 4.57 Å². The van der Waals surface area contributed by atoms with Crippen molar-refractivity contribution in [2.45, 2.75) is 194 Å². The number of nitrogens with zero attached hydrogens (tertiary/aromatic N) is 1. The summed E-state index contributed by atoms with van der Waals surface area (Å²) in [5.74, 6) is 0. The van der Waals surface area contributed by atoms with Crippen molar-refractivity contribution in [3.8, 4) is 0 Å². The van der Waals surface area contributed by atoms with Crippen LogP contribution in [0.15, 0.2) is 24.5 Å². The van der Waals surface area contributed by atoms with Gasteiger partial charge in [-0.3, -0.25) is 0 Å². The first-order chi connectivity index (χ1) is 17.9. The van der Waals surface area contributed by atoms with Gasteiger partial charge in [-0.15, -0.1) is 0 Å². The van der Waals surface area contributed by atoms with E-state index in [4.69, 9.17) is 0 Å². The highest BCUT2D eigenvalue weighted by molar-refractivity contribution is 5.05. The van der Waals surface area contributed by atoms with Gasteiger partial charge in [0.25, 0.3) is 0 Å². The first-order valence-electron chi connectivity index (χ1n) is 16.8. The van der Waals surface area contributed by atoms with Crippen molar-refractivity contribution in [3.63, 3.8) is 0 Å². The van der Waals surface area contributed by atoms with Crippen LogP contribution in [0.3, 0.4) is 0 Å². The Morgan fingerprint density at radius 2 is 0.806 bits per heavy atom. The molecule has 1 heteroatoms. The van der Waals surface area contributed by atoms with Crippen LogP contribution in [0.4, 0.5) is 0 Å². The third-order valence-electron chi connectivity index (χ3n) is 8.01. The van der Waals surface area contributed by atoms with E-state index < -0.39 is 0 Å². The molecule has 210 valence electrons. The van der Waals surface area contributed by atoms with Gasteiger partial charge in [-0.2, -0.15) is 0 Å². The summed E-state index contributed by atoms with van der Waals surface area (Å²) < 4.78 is 2.44. The monoisotopic (exact) mass is 501 g/mol. The van der Waals surface area contributed by atoms with E-state index in [-0.39, 0.29) is 0 Å². The van der Waals surface area contributed by atoms with E-state index in [0.717, 1.165) is 0 Å². The normalized spacial score (nSPS) is 11.4. The minimum Gasteiger partial charge on any atom is -0.205 e. The maximum absolute atomic E-state index is 2.44. The van der Waals surface area contributed by atoms with Gasteiger partial charge >= 0.3 is 0 Å². The summed E-state index contributed by atoms with van der Waals surface area (Å²) in [7, 11) is 0. The van der Waals surface area contributed by atoms with Gasteiger partial charge in [0.2, 0.25) is 0 Å². The summed E-state index contributed by atoms with van der Waals surface area (Å²) in [4.78, 5) is 0. The Morgan fingerprint density at radius 1 is 0.444 bits per heavy atom. The minimum absolute atomic E-state index is 1.20. The fraction of sp³-hybridized carbons (Fsp3) is 0.857. The lowest BCUT2D eigenvalue weighted by Crippen LogP contribution is -2.33. The Morgan fingerprint density at radius 3 is 1.22 bits per heavy atom. The van der Waals surface area contributed by atoms with Crippen molar-refractivity contribution in [2.75, 3.05) is 0 Å². The Bertz CT molecular complexity index is 551. The van der Waals surface area contributed by atoms with E-state index in [9.17, 15) is 0 Å². The van der Waals surface area contributed by atoms with Crippen LogP contribution in [0.2, 0.25) is 0 Å². The third kappa shape index (κ3) is 22.4. The molecule has 0 aliphatic rings. The summed E-state index contributed by atoms with van der Waals surface area (Å²) in [6.07, 6.45) is 43.3. The summed E-state index contributed by atoms with van der Waals surface area (Å²) in [6, 6.07) is 4.59. The van der Waals surface area contributed by atoms with Gasteiger partial charge in [-0.05, 0) is 25.3 Å². The molecule has 0 aliphatic heterocycles. The molecule has 0 N–H and O–H groups in total. The fourth-order valence-electron chi connectivity index (χ4n) is 5.52. The van der Waals surface area contributed by atoms with Crippen LogP contribution in [0.1, 0.15) is 186 Å². The van der Waals surface area contributed by atoms with E-state index >= 15 is 0 Å². The van der Waals surface area contributed by atoms with Gasteiger partial charge in [0, 0.05) is 18.1 Å². The molecule has 1 aromatic rings. The highest BCUT2D eigenvalue weighted by atomic mass is 14.9. The Balaban J connectivity index is 1.88. The van der Waals surface area contributed by atoms with Crippen molar-refractivity contribution in [2.24, 2.45) is 0 Å². The number of unbranched alkanes of at least 4 members (excludes halogenated alkanes) is 24. The summed E-state index contributed by atoms with van der Waals surface area (Å²) in [5, 5.41) is 0. The van der Waals surface area contributed by atoms with Gasteiger partial charge < -0.3 is 0 Å². The molecule has 0 aliphatic carbocycles. The van der Waals surface area contributed by atoms with E-state index in [1.807, 2.05) is 0 Å². The smallest absolute Gasteiger partial charge is 0.171 e. The van der Waals surface area contributed by atoms with Crippen molar-refractivity contribution in [3.05, 3.63) is 30.1 Å². The second-order valence-electron chi connectivity index (χ2n) is 11.7. The number of rotatable bonds is 28. The number of pyridine rings is 1. The molecule has 1 aromatic heterocycles. The molecule has 0 amide bonds. The molecule has 1 nitrogen and oxygen atoms in total. The Hall–Kier alpha value is -0.850. The maximum atomic E-state index is 2.44. The molecular weight excluding hydrogens is 434 g/mol. The molecule has 0 saturated heterocycles. The maximum Gasteiger partial charge on any atom is 0.171 e.